The number of fused-ring (bicyclic) bond motifs is 1. The van der Waals surface area contributed by atoms with Crippen molar-refractivity contribution in [2.24, 2.45) is 0 Å². The highest BCUT2D eigenvalue weighted by Crippen LogP contribution is 2.33. The van der Waals surface area contributed by atoms with Crippen LogP contribution in [0.3, 0.4) is 0 Å². The summed E-state index contributed by atoms with van der Waals surface area (Å²) in [6, 6.07) is 7.97. The monoisotopic (exact) mass is 374 g/mol. The lowest BCUT2D eigenvalue weighted by atomic mass is 10.1. The SMILES string of the molecule is O=C(C1CN(CCOCC2CCCO2)c2ccccc2O1)N1CCCCC1. The van der Waals surface area contributed by atoms with E-state index < -0.39 is 6.10 Å². The Morgan fingerprint density at radius 1 is 1.15 bits per heavy atom. The number of ether oxygens (including phenoxy) is 3. The average molecular weight is 374 g/mol. The van der Waals surface area contributed by atoms with Gasteiger partial charge >= 0.3 is 0 Å². The van der Waals surface area contributed by atoms with E-state index in [-0.39, 0.29) is 12.0 Å². The van der Waals surface area contributed by atoms with Crippen molar-refractivity contribution < 1.29 is 19.0 Å². The third-order valence-corrected chi connectivity index (χ3v) is 5.64. The Hall–Kier alpha value is -1.79. The number of benzene rings is 1. The molecule has 2 fully saturated rings. The molecule has 0 aromatic heterocycles. The number of carbonyl (C=O) groups is 1. The number of nitrogens with zero attached hydrogens (tertiary/aromatic N) is 2. The quantitative estimate of drug-likeness (QED) is 0.716. The minimum Gasteiger partial charge on any atom is -0.477 e. The highest BCUT2D eigenvalue weighted by Gasteiger charge is 2.33. The minimum atomic E-state index is -0.434. The second-order valence-corrected chi connectivity index (χ2v) is 7.62. The van der Waals surface area contributed by atoms with Gasteiger partial charge in [0.2, 0.25) is 0 Å². The molecule has 0 saturated carbocycles. The Balaban J connectivity index is 1.36. The Kier molecular flexibility index (Phi) is 6.14. The van der Waals surface area contributed by atoms with Gasteiger partial charge in [0.1, 0.15) is 5.75 Å². The van der Waals surface area contributed by atoms with Gasteiger partial charge in [-0.1, -0.05) is 12.1 Å². The van der Waals surface area contributed by atoms with Crippen molar-refractivity contribution in [3.05, 3.63) is 24.3 Å². The third kappa shape index (κ3) is 4.55. The molecule has 27 heavy (non-hydrogen) atoms. The summed E-state index contributed by atoms with van der Waals surface area (Å²) in [7, 11) is 0. The van der Waals surface area contributed by atoms with Crippen molar-refractivity contribution in [2.75, 3.05) is 50.9 Å². The van der Waals surface area contributed by atoms with Crippen LogP contribution in [0.1, 0.15) is 32.1 Å². The molecular weight excluding hydrogens is 344 g/mol. The molecule has 0 spiro atoms. The molecule has 3 aliphatic rings. The first-order valence-electron chi connectivity index (χ1n) is 10.3. The first-order chi connectivity index (χ1) is 13.3. The molecule has 6 nitrogen and oxygen atoms in total. The van der Waals surface area contributed by atoms with Crippen LogP contribution in [0.2, 0.25) is 0 Å². The highest BCUT2D eigenvalue weighted by molar-refractivity contribution is 5.83. The molecule has 2 atom stereocenters. The lowest BCUT2D eigenvalue weighted by Gasteiger charge is -2.38. The summed E-state index contributed by atoms with van der Waals surface area (Å²) in [6.07, 6.45) is 5.43. The van der Waals surface area contributed by atoms with Crippen LogP contribution in [0.15, 0.2) is 24.3 Å². The van der Waals surface area contributed by atoms with Crippen LogP contribution in [-0.2, 0) is 14.3 Å². The van der Waals surface area contributed by atoms with E-state index in [2.05, 4.69) is 11.0 Å². The van der Waals surface area contributed by atoms with E-state index in [0.29, 0.717) is 19.8 Å². The van der Waals surface area contributed by atoms with E-state index in [4.69, 9.17) is 14.2 Å². The van der Waals surface area contributed by atoms with E-state index >= 15 is 0 Å². The number of hydrogen-bond acceptors (Lipinski definition) is 5. The van der Waals surface area contributed by atoms with Crippen molar-refractivity contribution in [2.45, 2.75) is 44.3 Å². The third-order valence-electron chi connectivity index (χ3n) is 5.64. The van der Waals surface area contributed by atoms with Crippen LogP contribution >= 0.6 is 0 Å². The predicted molar refractivity (Wildman–Crippen MR) is 103 cm³/mol. The molecule has 1 aromatic rings. The van der Waals surface area contributed by atoms with Crippen molar-refractivity contribution in [3.63, 3.8) is 0 Å². The van der Waals surface area contributed by atoms with Gasteiger partial charge in [0, 0.05) is 26.2 Å². The summed E-state index contributed by atoms with van der Waals surface area (Å²) < 4.78 is 17.5. The molecule has 0 bridgehead atoms. The van der Waals surface area contributed by atoms with Crippen LogP contribution in [0.25, 0.3) is 0 Å². The molecule has 3 heterocycles. The van der Waals surface area contributed by atoms with Crippen LogP contribution in [-0.4, -0.2) is 69.0 Å². The highest BCUT2D eigenvalue weighted by atomic mass is 16.5. The van der Waals surface area contributed by atoms with E-state index in [9.17, 15) is 4.79 Å². The maximum atomic E-state index is 12.9. The summed E-state index contributed by atoms with van der Waals surface area (Å²) in [5.74, 6) is 0.910. The van der Waals surface area contributed by atoms with Crippen LogP contribution in [0.4, 0.5) is 5.69 Å². The molecule has 148 valence electrons. The summed E-state index contributed by atoms with van der Waals surface area (Å²) in [4.78, 5) is 17.1. The van der Waals surface area contributed by atoms with Gasteiger partial charge < -0.3 is 24.0 Å². The molecule has 0 radical (unpaired) electrons. The van der Waals surface area contributed by atoms with Crippen LogP contribution in [0.5, 0.6) is 5.75 Å². The van der Waals surface area contributed by atoms with Crippen molar-refractivity contribution in [1.29, 1.82) is 0 Å². The lowest BCUT2D eigenvalue weighted by Crippen LogP contribution is -2.52. The molecule has 3 aliphatic heterocycles. The van der Waals surface area contributed by atoms with E-state index in [1.54, 1.807) is 0 Å². The fourth-order valence-corrected chi connectivity index (χ4v) is 4.13. The van der Waals surface area contributed by atoms with Gasteiger partial charge in [-0.3, -0.25) is 4.79 Å². The first-order valence-corrected chi connectivity index (χ1v) is 10.3. The summed E-state index contributed by atoms with van der Waals surface area (Å²) in [5, 5.41) is 0. The number of hydrogen-bond donors (Lipinski definition) is 0. The van der Waals surface area contributed by atoms with Gasteiger partial charge in [0.15, 0.2) is 6.10 Å². The Morgan fingerprint density at radius 2 is 2.00 bits per heavy atom. The Labute approximate surface area is 161 Å². The van der Waals surface area contributed by atoms with Gasteiger partial charge in [0.05, 0.1) is 31.5 Å². The zero-order chi connectivity index (χ0) is 18.5. The fourth-order valence-electron chi connectivity index (χ4n) is 4.13. The van der Waals surface area contributed by atoms with Crippen molar-refractivity contribution >= 4 is 11.6 Å². The fraction of sp³-hybridized carbons (Fsp3) is 0.667. The number of para-hydroxylation sites is 2. The first kappa shape index (κ1) is 18.6. The van der Waals surface area contributed by atoms with Gasteiger partial charge in [-0.15, -0.1) is 0 Å². The van der Waals surface area contributed by atoms with Crippen molar-refractivity contribution in [1.82, 2.24) is 4.90 Å². The number of amides is 1. The van der Waals surface area contributed by atoms with Gasteiger partial charge in [0.25, 0.3) is 5.91 Å². The zero-order valence-corrected chi connectivity index (χ0v) is 16.0. The molecule has 0 N–H and O–H groups in total. The minimum absolute atomic E-state index is 0.120. The second kappa shape index (κ2) is 8.93. The molecule has 4 rings (SSSR count). The van der Waals surface area contributed by atoms with Gasteiger partial charge in [-0.05, 0) is 44.2 Å². The van der Waals surface area contributed by atoms with Crippen LogP contribution < -0.4 is 9.64 Å². The molecule has 2 unspecified atom stereocenters. The lowest BCUT2D eigenvalue weighted by molar-refractivity contribution is -0.139. The average Bonchev–Trinajstić information content (AvgIpc) is 3.24. The topological polar surface area (TPSA) is 51.2 Å². The Morgan fingerprint density at radius 3 is 2.81 bits per heavy atom. The largest absolute Gasteiger partial charge is 0.477 e. The predicted octanol–water partition coefficient (Wildman–Crippen LogP) is 2.46. The summed E-state index contributed by atoms with van der Waals surface area (Å²) in [5.41, 5.74) is 1.04. The smallest absolute Gasteiger partial charge is 0.265 e. The number of likely N-dealkylation sites (tertiary alicyclic amines) is 1. The molecule has 6 heteroatoms. The maximum Gasteiger partial charge on any atom is 0.265 e. The molecule has 0 aliphatic carbocycles. The molecule has 1 aromatic carbocycles. The standard InChI is InChI=1S/C21H30N2O4/c24-21(22-10-4-1-5-11-22)20-15-23(18-8-2-3-9-19(18)27-20)12-14-25-16-17-7-6-13-26-17/h2-3,8-9,17,20H,1,4-7,10-16H2. The Bertz CT molecular complexity index is 626. The molecule has 1 amide bonds. The second-order valence-electron chi connectivity index (χ2n) is 7.62. The van der Waals surface area contributed by atoms with Gasteiger partial charge in [-0.2, -0.15) is 0 Å². The normalized spacial score (nSPS) is 25.2. The molecule has 2 saturated heterocycles. The van der Waals surface area contributed by atoms with Crippen molar-refractivity contribution in [3.8, 4) is 5.75 Å². The number of piperidine rings is 1. The summed E-state index contributed by atoms with van der Waals surface area (Å²) >= 11 is 0. The number of carbonyl (C=O) groups excluding carboxylic acids is 1. The molecular formula is C21H30N2O4. The number of rotatable bonds is 6. The van der Waals surface area contributed by atoms with E-state index in [1.165, 1.54) is 6.42 Å². The van der Waals surface area contributed by atoms with E-state index in [0.717, 1.165) is 63.4 Å². The number of anilines is 1. The maximum absolute atomic E-state index is 12.9. The summed E-state index contributed by atoms with van der Waals surface area (Å²) in [6.45, 7) is 5.16. The zero-order valence-electron chi connectivity index (χ0n) is 16.0. The van der Waals surface area contributed by atoms with E-state index in [1.807, 2.05) is 23.1 Å². The van der Waals surface area contributed by atoms with Gasteiger partial charge in [-0.25, -0.2) is 0 Å². The van der Waals surface area contributed by atoms with Crippen LogP contribution in [0, 0.1) is 0 Å².